The van der Waals surface area contributed by atoms with Crippen molar-refractivity contribution >= 4 is 23.6 Å². The number of amides is 2. The van der Waals surface area contributed by atoms with Gasteiger partial charge in [0.15, 0.2) is 6.23 Å². The fourth-order valence-corrected chi connectivity index (χ4v) is 4.99. The Morgan fingerprint density at radius 2 is 1.70 bits per heavy atom. The lowest BCUT2D eigenvalue weighted by Crippen LogP contribution is -2.38. The number of ether oxygens (including phenoxy) is 2. The van der Waals surface area contributed by atoms with Crippen LogP contribution in [0.1, 0.15) is 11.5 Å². The number of hydrogen-bond acceptors (Lipinski definition) is 5. The third kappa shape index (κ3) is 3.59. The van der Waals surface area contributed by atoms with E-state index in [2.05, 4.69) is 4.90 Å². The van der Waals surface area contributed by atoms with Gasteiger partial charge in [-0.1, -0.05) is 0 Å². The Balaban J connectivity index is 1.29. The van der Waals surface area contributed by atoms with Crippen LogP contribution >= 0.6 is 0 Å². The molecule has 0 aromatic heterocycles. The van der Waals surface area contributed by atoms with Gasteiger partial charge in [-0.15, -0.1) is 0 Å². The van der Waals surface area contributed by atoms with Crippen LogP contribution in [0.3, 0.4) is 0 Å². The summed E-state index contributed by atoms with van der Waals surface area (Å²) in [6, 6.07) is 9.96. The molecule has 5 rings (SSSR count). The maximum absolute atomic E-state index is 15.0. The zero-order valence-electron chi connectivity index (χ0n) is 18.1. The van der Waals surface area contributed by atoms with Crippen molar-refractivity contribution in [2.45, 2.75) is 12.1 Å². The van der Waals surface area contributed by atoms with Gasteiger partial charge in [0, 0.05) is 31.4 Å². The van der Waals surface area contributed by atoms with Crippen molar-refractivity contribution in [2.75, 3.05) is 43.6 Å². The molecule has 4 atom stereocenters. The largest absolute Gasteiger partial charge is 0.497 e. The van der Waals surface area contributed by atoms with E-state index >= 15 is 8.78 Å². The van der Waals surface area contributed by atoms with Crippen molar-refractivity contribution in [2.24, 2.45) is 11.8 Å². The first-order valence-corrected chi connectivity index (χ1v) is 10.6. The molecule has 33 heavy (non-hydrogen) atoms. The quantitative estimate of drug-likeness (QED) is 0.734. The van der Waals surface area contributed by atoms with E-state index in [1.165, 1.54) is 7.05 Å². The number of likely N-dealkylation sites (N-methyl/N-ethyl adjacent to an activating group) is 1. The Bertz CT molecular complexity index is 1080. The van der Waals surface area contributed by atoms with Gasteiger partial charge in [0.1, 0.15) is 17.4 Å². The minimum absolute atomic E-state index is 0.00528. The number of rotatable bonds is 5. The van der Waals surface area contributed by atoms with Crippen LogP contribution in [0, 0.1) is 23.5 Å². The fraction of sp³-hybridized carbons (Fsp3) is 0.391. The number of cyclic esters (lactones) is 1. The van der Waals surface area contributed by atoms with Gasteiger partial charge in [-0.2, -0.15) is 0 Å². The summed E-state index contributed by atoms with van der Waals surface area (Å²) in [5, 5.41) is 9.06. The normalized spacial score (nSPS) is 25.6. The van der Waals surface area contributed by atoms with E-state index in [0.29, 0.717) is 13.1 Å². The van der Waals surface area contributed by atoms with E-state index in [1.807, 2.05) is 24.3 Å². The molecule has 10 heteroatoms. The van der Waals surface area contributed by atoms with Crippen LogP contribution in [0.4, 0.5) is 29.7 Å². The standard InChI is InChI=1S/C23H23F2N3O5/c1-26(22(29)30)19-11-28(23(31)33-19)13-7-17(24)21(18(25)8-13)20-15-9-27(10-16(15)20)12-3-5-14(32-2)6-4-12/h3-8,15-16,19-20H,9-11H2,1-2H3,(H,29,30)/t15-,16+,19-,20?/m0/s1. The van der Waals surface area contributed by atoms with Crippen molar-refractivity contribution in [1.82, 2.24) is 4.90 Å². The zero-order valence-corrected chi connectivity index (χ0v) is 18.1. The smallest absolute Gasteiger partial charge is 0.416 e. The summed E-state index contributed by atoms with van der Waals surface area (Å²) in [6.45, 7) is 1.28. The molecular weight excluding hydrogens is 436 g/mol. The van der Waals surface area contributed by atoms with Gasteiger partial charge in [-0.05, 0) is 54.2 Å². The highest BCUT2D eigenvalue weighted by Crippen LogP contribution is 2.60. The first-order valence-electron chi connectivity index (χ1n) is 10.6. The van der Waals surface area contributed by atoms with Gasteiger partial charge < -0.3 is 19.5 Å². The highest BCUT2D eigenvalue weighted by atomic mass is 19.1. The van der Waals surface area contributed by atoms with Gasteiger partial charge in [0.05, 0.1) is 19.3 Å². The van der Waals surface area contributed by atoms with E-state index in [-0.39, 0.29) is 35.5 Å². The van der Waals surface area contributed by atoms with Gasteiger partial charge in [0.2, 0.25) is 0 Å². The number of nitrogens with zero attached hydrogens (tertiary/aromatic N) is 3. The number of methoxy groups -OCH3 is 1. The predicted molar refractivity (Wildman–Crippen MR) is 115 cm³/mol. The van der Waals surface area contributed by atoms with Crippen LogP contribution in [0.5, 0.6) is 5.75 Å². The zero-order chi connectivity index (χ0) is 23.4. The molecule has 2 aliphatic heterocycles. The van der Waals surface area contributed by atoms with Crippen molar-refractivity contribution in [3.05, 3.63) is 53.6 Å². The van der Waals surface area contributed by atoms with E-state index in [1.54, 1.807) is 7.11 Å². The Morgan fingerprint density at radius 3 is 2.24 bits per heavy atom. The van der Waals surface area contributed by atoms with E-state index in [9.17, 15) is 9.59 Å². The van der Waals surface area contributed by atoms with Crippen LogP contribution in [-0.4, -0.2) is 62.2 Å². The molecule has 0 bridgehead atoms. The van der Waals surface area contributed by atoms with E-state index in [4.69, 9.17) is 14.6 Å². The molecule has 2 saturated heterocycles. The van der Waals surface area contributed by atoms with Crippen LogP contribution in [0.15, 0.2) is 36.4 Å². The molecule has 8 nitrogen and oxygen atoms in total. The summed E-state index contributed by atoms with van der Waals surface area (Å²) in [7, 11) is 2.87. The molecule has 1 aliphatic carbocycles. The summed E-state index contributed by atoms with van der Waals surface area (Å²) in [6.07, 6.45) is -3.17. The maximum atomic E-state index is 15.0. The second kappa shape index (κ2) is 7.79. The van der Waals surface area contributed by atoms with Crippen LogP contribution in [0.25, 0.3) is 0 Å². The van der Waals surface area contributed by atoms with Crippen LogP contribution in [-0.2, 0) is 4.74 Å². The number of carbonyl (C=O) groups is 2. The number of halogens is 2. The lowest BCUT2D eigenvalue weighted by molar-refractivity contribution is 0.0415. The summed E-state index contributed by atoms with van der Waals surface area (Å²) in [4.78, 5) is 27.3. The predicted octanol–water partition coefficient (Wildman–Crippen LogP) is 3.72. The molecule has 3 fully saturated rings. The van der Waals surface area contributed by atoms with Crippen molar-refractivity contribution in [3.63, 3.8) is 0 Å². The minimum Gasteiger partial charge on any atom is -0.497 e. The second-order valence-corrected chi connectivity index (χ2v) is 8.62. The van der Waals surface area contributed by atoms with Gasteiger partial charge in [-0.3, -0.25) is 9.80 Å². The van der Waals surface area contributed by atoms with Crippen molar-refractivity contribution in [3.8, 4) is 5.75 Å². The Morgan fingerprint density at radius 1 is 1.09 bits per heavy atom. The first-order chi connectivity index (χ1) is 15.8. The summed E-state index contributed by atoms with van der Waals surface area (Å²) < 4.78 is 40.3. The minimum atomic E-state index is -1.27. The van der Waals surface area contributed by atoms with Crippen molar-refractivity contribution < 1.29 is 33.0 Å². The molecular formula is C23H23F2N3O5. The molecule has 1 saturated carbocycles. The molecule has 1 unspecified atom stereocenters. The molecule has 3 aliphatic rings. The van der Waals surface area contributed by atoms with Crippen molar-refractivity contribution in [1.29, 1.82) is 0 Å². The highest BCUT2D eigenvalue weighted by Gasteiger charge is 2.58. The summed E-state index contributed by atoms with van der Waals surface area (Å²) in [5.74, 6) is -0.524. The van der Waals surface area contributed by atoms with Crippen LogP contribution in [0.2, 0.25) is 0 Å². The van der Waals surface area contributed by atoms with Gasteiger partial charge in [-0.25, -0.2) is 18.4 Å². The Hall–Kier alpha value is -3.56. The third-order valence-corrected chi connectivity index (χ3v) is 6.87. The average molecular weight is 459 g/mol. The molecule has 0 radical (unpaired) electrons. The highest BCUT2D eigenvalue weighted by molar-refractivity contribution is 5.90. The fourth-order valence-electron chi connectivity index (χ4n) is 4.99. The topological polar surface area (TPSA) is 82.6 Å². The number of carboxylic acid groups (broad SMARTS) is 1. The van der Waals surface area contributed by atoms with E-state index in [0.717, 1.165) is 33.4 Å². The molecule has 2 heterocycles. The number of hydrogen-bond donors (Lipinski definition) is 1. The number of anilines is 2. The van der Waals surface area contributed by atoms with E-state index < -0.39 is 30.0 Å². The molecule has 174 valence electrons. The van der Waals surface area contributed by atoms with Crippen LogP contribution < -0.4 is 14.5 Å². The average Bonchev–Trinajstić information content (AvgIpc) is 3.12. The number of fused-ring (bicyclic) bond motifs is 1. The van der Waals surface area contributed by atoms with Gasteiger partial charge in [0.25, 0.3) is 0 Å². The Kier molecular flexibility index (Phi) is 5.02. The number of benzene rings is 2. The molecule has 2 aromatic rings. The van der Waals surface area contributed by atoms with Gasteiger partial charge >= 0.3 is 12.2 Å². The molecule has 0 spiro atoms. The first kappa shape index (κ1) is 21.3. The molecule has 1 N–H and O–H groups in total. The second-order valence-electron chi connectivity index (χ2n) is 8.62. The Labute approximate surface area is 188 Å². The maximum Gasteiger partial charge on any atom is 0.416 e. The summed E-state index contributed by atoms with van der Waals surface area (Å²) in [5.41, 5.74) is 1.10. The third-order valence-electron chi connectivity index (χ3n) is 6.87. The summed E-state index contributed by atoms with van der Waals surface area (Å²) >= 11 is 0. The lowest BCUT2D eigenvalue weighted by Gasteiger charge is -2.23. The monoisotopic (exact) mass is 459 g/mol. The SMILES string of the molecule is COc1ccc(N2C[C@@H]3C(c4c(F)cc(N5C[C@@H](N(C)C(=O)O)OC5=O)cc4F)[C@@H]3C2)cc1. The molecule has 2 amide bonds. The number of piperidine rings is 1. The molecule has 2 aromatic carbocycles. The lowest BCUT2D eigenvalue weighted by atomic mass is 10.0. The number of carbonyl (C=O) groups excluding carboxylic acids is 1.